The molecular formula is C23H17N3O6. The predicted molar refractivity (Wildman–Crippen MR) is 119 cm³/mol. The summed E-state index contributed by atoms with van der Waals surface area (Å²) in [6, 6.07) is 18.0. The molecular weight excluding hydrogens is 414 g/mol. The molecule has 0 saturated heterocycles. The summed E-state index contributed by atoms with van der Waals surface area (Å²) in [6.45, 7) is 0. The van der Waals surface area contributed by atoms with E-state index >= 15 is 0 Å². The summed E-state index contributed by atoms with van der Waals surface area (Å²) in [5.41, 5.74) is 1.42. The largest absolute Gasteiger partial charge is 0.504 e. The van der Waals surface area contributed by atoms with E-state index in [4.69, 9.17) is 9.15 Å². The van der Waals surface area contributed by atoms with Gasteiger partial charge in [0, 0.05) is 28.9 Å². The average Bonchev–Trinajstić information content (AvgIpc) is 3.23. The van der Waals surface area contributed by atoms with Crippen molar-refractivity contribution in [1.29, 1.82) is 0 Å². The number of benzene rings is 3. The lowest BCUT2D eigenvalue weighted by Gasteiger charge is -2.06. The number of amides is 1. The minimum Gasteiger partial charge on any atom is -0.504 e. The van der Waals surface area contributed by atoms with Crippen LogP contribution in [0.25, 0.3) is 11.0 Å². The molecule has 0 atom stereocenters. The second-order valence-electron chi connectivity index (χ2n) is 6.75. The number of carbonyl (C=O) groups excluding carboxylic acids is 1. The molecule has 1 aromatic heterocycles. The van der Waals surface area contributed by atoms with Gasteiger partial charge in [-0.2, -0.15) is 0 Å². The number of rotatable bonds is 6. The molecule has 32 heavy (non-hydrogen) atoms. The number of phenolic OH excluding ortho intramolecular Hbond substituents is 1. The summed E-state index contributed by atoms with van der Waals surface area (Å²) in [4.78, 5) is 27.3. The van der Waals surface area contributed by atoms with Crippen molar-refractivity contribution >= 4 is 40.2 Å². The van der Waals surface area contributed by atoms with E-state index < -0.39 is 10.8 Å². The Morgan fingerprint density at radius 1 is 1.16 bits per heavy atom. The number of non-ortho nitro benzene ring substituents is 1. The van der Waals surface area contributed by atoms with Gasteiger partial charge in [0.1, 0.15) is 5.58 Å². The van der Waals surface area contributed by atoms with E-state index in [1.165, 1.54) is 19.4 Å². The number of para-hydroxylation sites is 1. The van der Waals surface area contributed by atoms with Gasteiger partial charge in [0.05, 0.1) is 23.8 Å². The fourth-order valence-corrected chi connectivity index (χ4v) is 3.07. The van der Waals surface area contributed by atoms with Crippen LogP contribution in [-0.4, -0.2) is 29.3 Å². The van der Waals surface area contributed by atoms with Crippen LogP contribution in [0.15, 0.2) is 76.1 Å². The van der Waals surface area contributed by atoms with Crippen LogP contribution in [0.3, 0.4) is 0 Å². The van der Waals surface area contributed by atoms with Gasteiger partial charge in [0.2, 0.25) is 0 Å². The maximum atomic E-state index is 12.5. The molecule has 3 aromatic carbocycles. The number of hydrogen-bond acceptors (Lipinski definition) is 7. The summed E-state index contributed by atoms with van der Waals surface area (Å²) < 4.78 is 10.5. The van der Waals surface area contributed by atoms with Crippen LogP contribution in [0.4, 0.5) is 17.1 Å². The fraction of sp³-hybridized carbons (Fsp3) is 0.0435. The first-order valence-electron chi connectivity index (χ1n) is 9.44. The van der Waals surface area contributed by atoms with Gasteiger partial charge in [-0.25, -0.2) is 0 Å². The van der Waals surface area contributed by atoms with E-state index in [2.05, 4.69) is 10.3 Å². The second kappa shape index (κ2) is 8.60. The monoisotopic (exact) mass is 431 g/mol. The number of furan rings is 1. The van der Waals surface area contributed by atoms with E-state index in [1.54, 1.807) is 36.4 Å². The summed E-state index contributed by atoms with van der Waals surface area (Å²) in [5, 5.41) is 24.9. The lowest BCUT2D eigenvalue weighted by atomic mass is 10.1. The van der Waals surface area contributed by atoms with Crippen molar-refractivity contribution in [2.24, 2.45) is 4.99 Å². The fourth-order valence-electron chi connectivity index (χ4n) is 3.07. The van der Waals surface area contributed by atoms with Gasteiger partial charge in [0.25, 0.3) is 11.6 Å². The topological polar surface area (TPSA) is 127 Å². The molecule has 0 fully saturated rings. The number of nitro benzene ring substituents is 1. The smallest absolute Gasteiger partial charge is 0.291 e. The lowest BCUT2D eigenvalue weighted by Crippen LogP contribution is -2.10. The van der Waals surface area contributed by atoms with Gasteiger partial charge in [-0.05, 0) is 30.3 Å². The zero-order valence-electron chi connectivity index (χ0n) is 16.8. The first-order valence-corrected chi connectivity index (χ1v) is 9.44. The third-order valence-electron chi connectivity index (χ3n) is 4.63. The third-order valence-corrected chi connectivity index (χ3v) is 4.63. The molecule has 1 heterocycles. The Kier molecular flexibility index (Phi) is 5.54. The molecule has 2 N–H and O–H groups in total. The average molecular weight is 431 g/mol. The normalized spacial score (nSPS) is 11.0. The van der Waals surface area contributed by atoms with Crippen LogP contribution >= 0.6 is 0 Å². The van der Waals surface area contributed by atoms with Crippen LogP contribution < -0.4 is 10.1 Å². The van der Waals surface area contributed by atoms with Crippen LogP contribution in [0.1, 0.15) is 16.1 Å². The number of carbonyl (C=O) groups is 1. The molecule has 0 aliphatic carbocycles. The quantitative estimate of drug-likeness (QED) is 0.250. The van der Waals surface area contributed by atoms with E-state index in [9.17, 15) is 20.0 Å². The Morgan fingerprint density at radius 3 is 2.72 bits per heavy atom. The zero-order chi connectivity index (χ0) is 22.7. The number of methoxy groups -OCH3 is 1. The van der Waals surface area contributed by atoms with Crippen LogP contribution in [0, 0.1) is 10.1 Å². The maximum absolute atomic E-state index is 12.5. The Bertz CT molecular complexity index is 1330. The highest BCUT2D eigenvalue weighted by Crippen LogP contribution is 2.34. The standard InChI is InChI=1S/C23H17N3O6/c1-31-20-12-18(26(29)30)9-15(22(20)27)13-24-16-6-4-7-17(11-16)25-23(28)21-10-14-5-2-3-8-19(14)32-21/h2-13,27H,1H3,(H,25,28). The van der Waals surface area contributed by atoms with Gasteiger partial charge < -0.3 is 19.6 Å². The summed E-state index contributed by atoms with van der Waals surface area (Å²) in [6.07, 6.45) is 1.28. The minimum absolute atomic E-state index is 0.0347. The van der Waals surface area contributed by atoms with Crippen LogP contribution in [-0.2, 0) is 0 Å². The van der Waals surface area contributed by atoms with Crippen LogP contribution in [0.2, 0.25) is 0 Å². The number of nitrogens with one attached hydrogen (secondary N) is 1. The third kappa shape index (κ3) is 4.26. The number of aromatic hydroxyl groups is 1. The minimum atomic E-state index is -0.590. The molecule has 0 bridgehead atoms. The number of fused-ring (bicyclic) bond motifs is 1. The highest BCUT2D eigenvalue weighted by molar-refractivity contribution is 6.04. The molecule has 0 spiro atoms. The Hall–Kier alpha value is -4.66. The molecule has 0 saturated carbocycles. The van der Waals surface area contributed by atoms with E-state index in [1.807, 2.05) is 18.2 Å². The van der Waals surface area contributed by atoms with Gasteiger partial charge in [-0.3, -0.25) is 19.9 Å². The van der Waals surface area contributed by atoms with Gasteiger partial charge >= 0.3 is 0 Å². The highest BCUT2D eigenvalue weighted by atomic mass is 16.6. The molecule has 4 aromatic rings. The van der Waals surface area contributed by atoms with Crippen molar-refractivity contribution in [3.8, 4) is 11.5 Å². The van der Waals surface area contributed by atoms with Crippen molar-refractivity contribution in [2.75, 3.05) is 12.4 Å². The van der Waals surface area contributed by atoms with Gasteiger partial charge in [0.15, 0.2) is 17.3 Å². The van der Waals surface area contributed by atoms with E-state index in [-0.39, 0.29) is 28.5 Å². The molecule has 1 amide bonds. The molecule has 0 aliphatic rings. The van der Waals surface area contributed by atoms with Gasteiger partial charge in [-0.15, -0.1) is 0 Å². The van der Waals surface area contributed by atoms with E-state index in [0.717, 1.165) is 11.5 Å². The SMILES string of the molecule is COc1cc([N+](=O)[O-])cc(C=Nc2cccc(NC(=O)c3cc4ccccc4o3)c2)c1O. The van der Waals surface area contributed by atoms with E-state index in [0.29, 0.717) is 17.0 Å². The molecule has 160 valence electrons. The van der Waals surface area contributed by atoms with Crippen molar-refractivity contribution < 1.29 is 24.0 Å². The summed E-state index contributed by atoms with van der Waals surface area (Å²) in [5.74, 6) is -0.541. The summed E-state index contributed by atoms with van der Waals surface area (Å²) >= 11 is 0. The molecule has 4 rings (SSSR count). The van der Waals surface area contributed by atoms with Gasteiger partial charge in [-0.1, -0.05) is 24.3 Å². The Balaban J connectivity index is 1.55. The number of hydrogen-bond donors (Lipinski definition) is 2. The highest BCUT2D eigenvalue weighted by Gasteiger charge is 2.16. The number of nitrogens with zero attached hydrogens (tertiary/aromatic N) is 2. The first-order chi connectivity index (χ1) is 15.4. The lowest BCUT2D eigenvalue weighted by molar-refractivity contribution is -0.385. The van der Waals surface area contributed by atoms with Crippen molar-refractivity contribution in [3.63, 3.8) is 0 Å². The Labute approximate surface area is 181 Å². The second-order valence-corrected chi connectivity index (χ2v) is 6.75. The Morgan fingerprint density at radius 2 is 1.97 bits per heavy atom. The molecule has 0 radical (unpaired) electrons. The zero-order valence-corrected chi connectivity index (χ0v) is 16.8. The van der Waals surface area contributed by atoms with Crippen LogP contribution in [0.5, 0.6) is 11.5 Å². The van der Waals surface area contributed by atoms with Crippen molar-refractivity contribution in [3.05, 3.63) is 88.2 Å². The number of anilines is 1. The first kappa shape index (κ1) is 20.6. The number of aliphatic imine (C=N–C) groups is 1. The molecule has 9 heteroatoms. The van der Waals surface area contributed by atoms with Crippen molar-refractivity contribution in [2.45, 2.75) is 0 Å². The molecule has 0 aliphatic heterocycles. The summed E-state index contributed by atoms with van der Waals surface area (Å²) in [7, 11) is 1.30. The maximum Gasteiger partial charge on any atom is 0.291 e. The number of phenols is 1. The molecule has 0 unspecified atom stereocenters. The van der Waals surface area contributed by atoms with Crippen molar-refractivity contribution in [1.82, 2.24) is 0 Å². The number of nitro groups is 1. The number of ether oxygens (including phenoxy) is 1. The molecule has 9 nitrogen and oxygen atoms in total. The predicted octanol–water partition coefficient (Wildman–Crippen LogP) is 5.06.